The third kappa shape index (κ3) is 4.09. The van der Waals surface area contributed by atoms with Gasteiger partial charge in [-0.25, -0.2) is 4.79 Å². The molecule has 5 nitrogen and oxygen atoms in total. The van der Waals surface area contributed by atoms with Crippen LogP contribution in [-0.2, 0) is 14.3 Å². The Bertz CT molecular complexity index is 662. The number of ether oxygens (including phenoxy) is 2. The first-order chi connectivity index (χ1) is 12.2. The van der Waals surface area contributed by atoms with Gasteiger partial charge in [0.2, 0.25) is 0 Å². The topological polar surface area (TPSA) is 55.8 Å². The number of methoxy groups -OCH3 is 1. The third-order valence-corrected chi connectivity index (χ3v) is 4.56. The molecule has 0 aromatic heterocycles. The van der Waals surface area contributed by atoms with E-state index < -0.39 is 23.2 Å². The van der Waals surface area contributed by atoms with Crippen molar-refractivity contribution in [1.29, 1.82) is 0 Å². The predicted molar refractivity (Wildman–Crippen MR) is 101 cm³/mol. The average molecular weight is 359 g/mol. The van der Waals surface area contributed by atoms with Gasteiger partial charge in [-0.3, -0.25) is 9.69 Å². The van der Waals surface area contributed by atoms with Crippen LogP contribution >= 0.6 is 0 Å². The molecule has 0 saturated carbocycles. The van der Waals surface area contributed by atoms with E-state index in [1.165, 1.54) is 7.11 Å². The first-order valence-electron chi connectivity index (χ1n) is 9.02. The van der Waals surface area contributed by atoms with E-state index in [1.54, 1.807) is 4.90 Å². The van der Waals surface area contributed by atoms with Crippen molar-refractivity contribution in [3.8, 4) is 0 Å². The van der Waals surface area contributed by atoms with Gasteiger partial charge in [0, 0.05) is 6.54 Å². The summed E-state index contributed by atoms with van der Waals surface area (Å²) in [4.78, 5) is 27.5. The van der Waals surface area contributed by atoms with Crippen molar-refractivity contribution in [3.05, 3.63) is 48.0 Å². The maximum atomic E-state index is 12.9. The number of benzene rings is 1. The summed E-state index contributed by atoms with van der Waals surface area (Å²) >= 11 is 0. The lowest BCUT2D eigenvalue weighted by molar-refractivity contribution is -0.156. The molecule has 2 unspecified atom stereocenters. The molecular weight excluding hydrogens is 330 g/mol. The molecule has 142 valence electrons. The Labute approximate surface area is 156 Å². The van der Waals surface area contributed by atoms with Crippen molar-refractivity contribution in [2.45, 2.75) is 52.2 Å². The highest BCUT2D eigenvalue weighted by Gasteiger charge is 2.52. The van der Waals surface area contributed by atoms with Crippen LogP contribution in [0.4, 0.5) is 4.79 Å². The fraction of sp³-hybridized carbons (Fsp3) is 0.524. The van der Waals surface area contributed by atoms with Gasteiger partial charge in [0.25, 0.3) is 0 Å². The molecule has 0 spiro atoms. The zero-order chi connectivity index (χ0) is 19.4. The summed E-state index contributed by atoms with van der Waals surface area (Å²) < 4.78 is 10.8. The summed E-state index contributed by atoms with van der Waals surface area (Å²) in [5, 5.41) is 0. The molecule has 26 heavy (non-hydrogen) atoms. The van der Waals surface area contributed by atoms with Crippen molar-refractivity contribution >= 4 is 12.1 Å². The average Bonchev–Trinajstić information content (AvgIpc) is 2.60. The number of hydrogen-bond acceptors (Lipinski definition) is 4. The minimum atomic E-state index is -0.931. The van der Waals surface area contributed by atoms with Crippen LogP contribution in [0, 0.1) is 5.41 Å². The lowest BCUT2D eigenvalue weighted by atomic mass is 9.70. The number of piperidine rings is 1. The molecule has 5 heteroatoms. The Hall–Kier alpha value is -2.30. The predicted octanol–water partition coefficient (Wildman–Crippen LogP) is 4.49. The largest absolute Gasteiger partial charge is 0.468 e. The summed E-state index contributed by atoms with van der Waals surface area (Å²) in [5.41, 5.74) is -0.647. The van der Waals surface area contributed by atoms with E-state index in [1.807, 2.05) is 70.2 Å². The van der Waals surface area contributed by atoms with E-state index in [-0.39, 0.29) is 5.97 Å². The molecule has 1 amide bonds. The minimum absolute atomic E-state index is 0.335. The smallest absolute Gasteiger partial charge is 0.410 e. The molecular formula is C21H29NO4. The quantitative estimate of drug-likeness (QED) is 0.589. The first kappa shape index (κ1) is 20.0. The van der Waals surface area contributed by atoms with E-state index in [4.69, 9.17) is 9.47 Å². The van der Waals surface area contributed by atoms with Gasteiger partial charge < -0.3 is 9.47 Å². The second kappa shape index (κ2) is 7.94. The number of carbonyl (C=O) groups is 2. The highest BCUT2D eigenvalue weighted by Crippen LogP contribution is 2.48. The van der Waals surface area contributed by atoms with Gasteiger partial charge in [-0.1, -0.05) is 42.5 Å². The summed E-state index contributed by atoms with van der Waals surface area (Å²) in [6.07, 6.45) is 4.62. The van der Waals surface area contributed by atoms with Crippen LogP contribution in [0.1, 0.15) is 52.1 Å². The second-order valence-corrected chi connectivity index (χ2v) is 7.62. The van der Waals surface area contributed by atoms with Crippen molar-refractivity contribution < 1.29 is 19.1 Å². The van der Waals surface area contributed by atoms with Gasteiger partial charge in [0.1, 0.15) is 11.0 Å². The van der Waals surface area contributed by atoms with Crippen LogP contribution in [0.2, 0.25) is 0 Å². The van der Waals surface area contributed by atoms with Gasteiger partial charge in [-0.15, -0.1) is 0 Å². The number of nitrogens with zero attached hydrogens (tertiary/aromatic N) is 1. The Morgan fingerprint density at radius 1 is 1.23 bits per heavy atom. The van der Waals surface area contributed by atoms with Crippen LogP contribution in [0.25, 0.3) is 0 Å². The number of likely N-dealkylation sites (tertiary alicyclic amines) is 1. The van der Waals surface area contributed by atoms with Crippen molar-refractivity contribution in [2.75, 3.05) is 13.7 Å². The normalized spacial score (nSPS) is 23.7. The maximum absolute atomic E-state index is 12.9. The molecule has 0 N–H and O–H groups in total. The lowest BCUT2D eigenvalue weighted by Crippen LogP contribution is -2.52. The molecule has 0 radical (unpaired) electrons. The van der Waals surface area contributed by atoms with Crippen LogP contribution in [0.3, 0.4) is 0 Å². The van der Waals surface area contributed by atoms with Crippen molar-refractivity contribution in [1.82, 2.24) is 4.90 Å². The second-order valence-electron chi connectivity index (χ2n) is 7.62. The first-order valence-corrected chi connectivity index (χ1v) is 9.02. The van der Waals surface area contributed by atoms with E-state index in [9.17, 15) is 9.59 Å². The molecule has 1 aromatic rings. The van der Waals surface area contributed by atoms with E-state index in [0.717, 1.165) is 5.56 Å². The van der Waals surface area contributed by atoms with Crippen LogP contribution in [0.5, 0.6) is 0 Å². The van der Waals surface area contributed by atoms with Crippen LogP contribution in [-0.4, -0.2) is 36.2 Å². The molecule has 2 rings (SSSR count). The molecule has 0 aliphatic carbocycles. The fourth-order valence-corrected chi connectivity index (χ4v) is 3.66. The highest BCUT2D eigenvalue weighted by molar-refractivity contribution is 5.82. The molecule has 1 heterocycles. The standard InChI is InChI=1S/C21H29NO4/c1-6-13-21(18(23)25-5)14-10-15-22(19(24)26-20(2,3)4)17(21)16-11-8-7-9-12-16/h6-9,11-13,17H,10,14-15H2,1-5H3/b13-6+. The van der Waals surface area contributed by atoms with Crippen molar-refractivity contribution in [3.63, 3.8) is 0 Å². The molecule has 1 aliphatic rings. The van der Waals surface area contributed by atoms with E-state index >= 15 is 0 Å². The van der Waals surface area contributed by atoms with Gasteiger partial charge >= 0.3 is 12.1 Å². The number of amides is 1. The van der Waals surface area contributed by atoms with E-state index in [0.29, 0.717) is 19.4 Å². The Kier molecular flexibility index (Phi) is 6.11. The fourth-order valence-electron chi connectivity index (χ4n) is 3.66. The molecule has 1 aliphatic heterocycles. The molecule has 2 atom stereocenters. The Morgan fingerprint density at radius 3 is 2.42 bits per heavy atom. The minimum Gasteiger partial charge on any atom is -0.468 e. The van der Waals surface area contributed by atoms with Crippen LogP contribution < -0.4 is 0 Å². The van der Waals surface area contributed by atoms with Gasteiger partial charge in [-0.05, 0) is 46.1 Å². The lowest BCUT2D eigenvalue weighted by Gasteiger charge is -2.47. The van der Waals surface area contributed by atoms with Gasteiger partial charge in [-0.2, -0.15) is 0 Å². The third-order valence-electron chi connectivity index (χ3n) is 4.56. The molecule has 1 saturated heterocycles. The monoisotopic (exact) mass is 359 g/mol. The van der Waals surface area contributed by atoms with Gasteiger partial charge in [0.15, 0.2) is 0 Å². The summed E-state index contributed by atoms with van der Waals surface area (Å²) in [7, 11) is 1.39. The van der Waals surface area contributed by atoms with Crippen molar-refractivity contribution in [2.24, 2.45) is 5.41 Å². The number of hydrogen-bond donors (Lipinski definition) is 0. The SMILES string of the molecule is C/C=C/C1(C(=O)OC)CCCN(C(=O)OC(C)(C)C)C1c1ccccc1. The molecule has 1 fully saturated rings. The summed E-state index contributed by atoms with van der Waals surface area (Å²) in [6, 6.07) is 9.14. The highest BCUT2D eigenvalue weighted by atomic mass is 16.6. The number of esters is 1. The maximum Gasteiger partial charge on any atom is 0.410 e. The Morgan fingerprint density at radius 2 is 1.88 bits per heavy atom. The molecule has 0 bridgehead atoms. The van der Waals surface area contributed by atoms with Crippen LogP contribution in [0.15, 0.2) is 42.5 Å². The summed E-state index contributed by atoms with van der Waals surface area (Å²) in [5.74, 6) is -0.335. The zero-order valence-electron chi connectivity index (χ0n) is 16.3. The number of rotatable bonds is 3. The number of allylic oxidation sites excluding steroid dienone is 1. The van der Waals surface area contributed by atoms with Gasteiger partial charge in [0.05, 0.1) is 13.2 Å². The van der Waals surface area contributed by atoms with E-state index in [2.05, 4.69) is 0 Å². The number of carbonyl (C=O) groups excluding carboxylic acids is 2. The zero-order valence-corrected chi connectivity index (χ0v) is 16.3. The summed E-state index contributed by atoms with van der Waals surface area (Å²) in [6.45, 7) is 7.92. The Balaban J connectivity index is 2.57. The molecule has 1 aromatic carbocycles.